The van der Waals surface area contributed by atoms with Gasteiger partial charge in [-0.15, -0.1) is 0 Å². The lowest BCUT2D eigenvalue weighted by atomic mass is 10.1. The highest BCUT2D eigenvalue weighted by atomic mass is 16.1. The number of carbonyl (C=O) groups excluding carboxylic acids is 1. The summed E-state index contributed by atoms with van der Waals surface area (Å²) in [5, 5.41) is 6.43. The lowest BCUT2D eigenvalue weighted by Crippen LogP contribution is -2.25. The zero-order chi connectivity index (χ0) is 14.2. The minimum atomic E-state index is 0.0547. The summed E-state index contributed by atoms with van der Waals surface area (Å²) in [7, 11) is 0. The van der Waals surface area contributed by atoms with E-state index in [2.05, 4.69) is 17.6 Å². The Labute approximate surface area is 122 Å². The number of anilines is 1. The first kappa shape index (κ1) is 14.9. The molecule has 1 fully saturated rings. The number of hydrogen-bond donors (Lipinski definition) is 2. The van der Waals surface area contributed by atoms with E-state index in [1.54, 1.807) is 0 Å². The van der Waals surface area contributed by atoms with Gasteiger partial charge in [0.05, 0.1) is 0 Å². The van der Waals surface area contributed by atoms with E-state index in [-0.39, 0.29) is 5.91 Å². The molecule has 0 unspecified atom stereocenters. The summed E-state index contributed by atoms with van der Waals surface area (Å²) < 4.78 is 0. The Morgan fingerprint density at radius 2 is 2.00 bits per heavy atom. The molecule has 110 valence electrons. The topological polar surface area (TPSA) is 41.1 Å². The van der Waals surface area contributed by atoms with Crippen LogP contribution in [-0.4, -0.2) is 18.5 Å². The third-order valence-electron chi connectivity index (χ3n) is 3.65. The standard InChI is InChI=1S/C17H26N2O/c1-2-3-4-5-6-12-18-16-9-7-8-14(13-16)17(20)19-15-10-11-15/h7-9,13,15,18H,2-6,10-12H2,1H3,(H,19,20). The van der Waals surface area contributed by atoms with Gasteiger partial charge in [0.25, 0.3) is 5.91 Å². The van der Waals surface area contributed by atoms with Gasteiger partial charge in [-0.3, -0.25) is 4.79 Å². The van der Waals surface area contributed by atoms with E-state index in [9.17, 15) is 4.79 Å². The predicted molar refractivity (Wildman–Crippen MR) is 84.2 cm³/mol. The van der Waals surface area contributed by atoms with Crippen molar-refractivity contribution in [3.8, 4) is 0 Å². The number of nitrogens with one attached hydrogen (secondary N) is 2. The predicted octanol–water partition coefficient (Wildman–Crippen LogP) is 3.96. The summed E-state index contributed by atoms with van der Waals surface area (Å²) in [5.74, 6) is 0.0547. The number of hydrogen-bond acceptors (Lipinski definition) is 2. The maximum atomic E-state index is 12.0. The van der Waals surface area contributed by atoms with Crippen molar-refractivity contribution < 1.29 is 4.79 Å². The molecule has 20 heavy (non-hydrogen) atoms. The molecule has 1 saturated carbocycles. The number of carbonyl (C=O) groups is 1. The molecular formula is C17H26N2O. The van der Waals surface area contributed by atoms with Gasteiger partial charge in [-0.05, 0) is 37.5 Å². The highest BCUT2D eigenvalue weighted by Crippen LogP contribution is 2.20. The maximum absolute atomic E-state index is 12.0. The summed E-state index contributed by atoms with van der Waals surface area (Å²) in [6.45, 7) is 3.22. The first-order valence-electron chi connectivity index (χ1n) is 7.94. The number of benzene rings is 1. The molecule has 1 aromatic rings. The van der Waals surface area contributed by atoms with Crippen LogP contribution in [0.4, 0.5) is 5.69 Å². The van der Waals surface area contributed by atoms with Crippen LogP contribution in [0.5, 0.6) is 0 Å². The Kier molecular flexibility index (Phi) is 5.90. The van der Waals surface area contributed by atoms with E-state index >= 15 is 0 Å². The normalized spacial score (nSPS) is 14.1. The second-order valence-corrected chi connectivity index (χ2v) is 5.67. The molecule has 1 aromatic carbocycles. The molecule has 1 aliphatic carbocycles. The Morgan fingerprint density at radius 3 is 2.75 bits per heavy atom. The first-order valence-corrected chi connectivity index (χ1v) is 7.94. The van der Waals surface area contributed by atoms with Crippen LogP contribution >= 0.6 is 0 Å². The minimum absolute atomic E-state index is 0.0547. The molecule has 0 bridgehead atoms. The van der Waals surface area contributed by atoms with E-state index in [4.69, 9.17) is 0 Å². The van der Waals surface area contributed by atoms with Crippen LogP contribution in [0.1, 0.15) is 62.2 Å². The van der Waals surface area contributed by atoms with Crippen LogP contribution < -0.4 is 10.6 Å². The lowest BCUT2D eigenvalue weighted by molar-refractivity contribution is 0.0951. The minimum Gasteiger partial charge on any atom is -0.385 e. The van der Waals surface area contributed by atoms with Crippen molar-refractivity contribution in [1.29, 1.82) is 0 Å². The molecule has 1 aliphatic rings. The molecule has 2 N–H and O–H groups in total. The molecule has 3 heteroatoms. The molecule has 0 atom stereocenters. The summed E-state index contributed by atoms with van der Waals surface area (Å²) in [5.41, 5.74) is 1.80. The average molecular weight is 274 g/mol. The third kappa shape index (κ3) is 5.24. The fourth-order valence-corrected chi connectivity index (χ4v) is 2.23. The molecular weight excluding hydrogens is 248 g/mol. The van der Waals surface area contributed by atoms with Crippen LogP contribution in [0, 0.1) is 0 Å². The molecule has 2 rings (SSSR count). The smallest absolute Gasteiger partial charge is 0.251 e. The molecule has 3 nitrogen and oxygen atoms in total. The fraction of sp³-hybridized carbons (Fsp3) is 0.588. The monoisotopic (exact) mass is 274 g/mol. The van der Waals surface area contributed by atoms with Crippen LogP contribution in [0.15, 0.2) is 24.3 Å². The van der Waals surface area contributed by atoms with E-state index in [1.807, 2.05) is 24.3 Å². The van der Waals surface area contributed by atoms with Gasteiger partial charge in [-0.25, -0.2) is 0 Å². The van der Waals surface area contributed by atoms with Crippen molar-refractivity contribution in [1.82, 2.24) is 5.32 Å². The summed E-state index contributed by atoms with van der Waals surface area (Å²) >= 11 is 0. The van der Waals surface area contributed by atoms with Gasteiger partial charge in [0, 0.05) is 23.8 Å². The Bertz CT molecular complexity index is 427. The zero-order valence-corrected chi connectivity index (χ0v) is 12.5. The van der Waals surface area contributed by atoms with Crippen molar-refractivity contribution in [3.63, 3.8) is 0 Å². The summed E-state index contributed by atoms with van der Waals surface area (Å²) in [4.78, 5) is 12.0. The van der Waals surface area contributed by atoms with Gasteiger partial charge in [0.2, 0.25) is 0 Å². The Morgan fingerprint density at radius 1 is 1.20 bits per heavy atom. The SMILES string of the molecule is CCCCCCCNc1cccc(C(=O)NC2CC2)c1. The highest BCUT2D eigenvalue weighted by Gasteiger charge is 2.23. The summed E-state index contributed by atoms with van der Waals surface area (Å²) in [6.07, 6.45) is 8.66. The van der Waals surface area contributed by atoms with Gasteiger partial charge >= 0.3 is 0 Å². The summed E-state index contributed by atoms with van der Waals surface area (Å²) in [6, 6.07) is 8.22. The fourth-order valence-electron chi connectivity index (χ4n) is 2.23. The van der Waals surface area contributed by atoms with Gasteiger partial charge in [0.1, 0.15) is 0 Å². The van der Waals surface area contributed by atoms with Crippen molar-refractivity contribution in [2.24, 2.45) is 0 Å². The van der Waals surface area contributed by atoms with Gasteiger partial charge < -0.3 is 10.6 Å². The van der Waals surface area contributed by atoms with Crippen molar-refractivity contribution >= 4 is 11.6 Å². The molecule has 1 amide bonds. The van der Waals surface area contributed by atoms with Crippen molar-refractivity contribution in [2.45, 2.75) is 57.9 Å². The van der Waals surface area contributed by atoms with E-state index in [0.29, 0.717) is 6.04 Å². The number of amides is 1. The Hall–Kier alpha value is -1.51. The largest absolute Gasteiger partial charge is 0.385 e. The Balaban J connectivity index is 1.72. The molecule has 0 aliphatic heterocycles. The third-order valence-corrected chi connectivity index (χ3v) is 3.65. The molecule has 0 saturated heterocycles. The second kappa shape index (κ2) is 7.93. The lowest BCUT2D eigenvalue weighted by Gasteiger charge is -2.08. The second-order valence-electron chi connectivity index (χ2n) is 5.67. The van der Waals surface area contributed by atoms with Crippen LogP contribution in [0.2, 0.25) is 0 Å². The quantitative estimate of drug-likeness (QED) is 0.669. The van der Waals surface area contributed by atoms with Crippen molar-refractivity contribution in [2.75, 3.05) is 11.9 Å². The maximum Gasteiger partial charge on any atom is 0.251 e. The van der Waals surface area contributed by atoms with Gasteiger partial charge in [-0.1, -0.05) is 38.7 Å². The van der Waals surface area contributed by atoms with E-state index < -0.39 is 0 Å². The number of rotatable bonds is 9. The molecule has 0 radical (unpaired) electrons. The average Bonchev–Trinajstić information content (AvgIpc) is 3.27. The van der Waals surface area contributed by atoms with E-state index in [0.717, 1.165) is 30.6 Å². The van der Waals surface area contributed by atoms with Crippen LogP contribution in [0.25, 0.3) is 0 Å². The highest BCUT2D eigenvalue weighted by molar-refractivity contribution is 5.95. The molecule has 0 aromatic heterocycles. The van der Waals surface area contributed by atoms with Crippen LogP contribution in [-0.2, 0) is 0 Å². The molecule has 0 heterocycles. The first-order chi connectivity index (χ1) is 9.79. The van der Waals surface area contributed by atoms with Crippen LogP contribution in [0.3, 0.4) is 0 Å². The number of unbranched alkanes of at least 4 members (excludes halogenated alkanes) is 4. The van der Waals surface area contributed by atoms with E-state index in [1.165, 1.54) is 32.1 Å². The van der Waals surface area contributed by atoms with Gasteiger partial charge in [0.15, 0.2) is 0 Å². The van der Waals surface area contributed by atoms with Gasteiger partial charge in [-0.2, -0.15) is 0 Å². The molecule has 0 spiro atoms. The zero-order valence-electron chi connectivity index (χ0n) is 12.5. The van der Waals surface area contributed by atoms with Crippen molar-refractivity contribution in [3.05, 3.63) is 29.8 Å².